The van der Waals surface area contributed by atoms with Gasteiger partial charge in [0.25, 0.3) is 0 Å². The first-order valence-electron chi connectivity index (χ1n) is 4.73. The number of anilines is 1. The molecular weight excluding hydrogens is 210 g/mol. The zero-order chi connectivity index (χ0) is 11.0. The first kappa shape index (κ1) is 10.4. The van der Waals surface area contributed by atoms with E-state index in [1.165, 1.54) is 0 Å². The number of halogens is 1. The third-order valence-electron chi connectivity index (χ3n) is 2.20. The van der Waals surface area contributed by atoms with Crippen molar-refractivity contribution in [2.24, 2.45) is 0 Å². The fourth-order valence-electron chi connectivity index (χ4n) is 1.34. The molecular formula is C9H10BClN4. The van der Waals surface area contributed by atoms with Crippen LogP contribution in [0.15, 0.2) is 0 Å². The van der Waals surface area contributed by atoms with Gasteiger partial charge in [0.05, 0.1) is 0 Å². The average molecular weight is 220 g/mol. The van der Waals surface area contributed by atoms with Crippen LogP contribution in [0.2, 0.25) is 5.28 Å². The molecule has 1 aromatic rings. The van der Waals surface area contributed by atoms with Crippen molar-refractivity contribution in [2.75, 3.05) is 5.32 Å². The predicted molar refractivity (Wildman–Crippen MR) is 61.6 cm³/mol. The Bertz CT molecular complexity index is 417. The number of nitrogens with zero attached hydrogens (tertiary/aromatic N) is 2. The Morgan fingerprint density at radius 1 is 1.53 bits per heavy atom. The van der Waals surface area contributed by atoms with E-state index in [1.54, 1.807) is 6.92 Å². The second-order valence-electron chi connectivity index (χ2n) is 3.65. The zero-order valence-corrected chi connectivity index (χ0v) is 9.10. The lowest BCUT2D eigenvalue weighted by atomic mass is 9.95. The Hall–Kier alpha value is -1.10. The molecule has 6 heteroatoms. The van der Waals surface area contributed by atoms with Gasteiger partial charge in [0.1, 0.15) is 13.7 Å². The van der Waals surface area contributed by atoms with E-state index in [-0.39, 0.29) is 10.9 Å². The van der Waals surface area contributed by atoms with Crippen LogP contribution in [0.1, 0.15) is 25.3 Å². The summed E-state index contributed by atoms with van der Waals surface area (Å²) in [6, 6.07) is 0.438. The molecule has 1 aliphatic carbocycles. The highest BCUT2D eigenvalue weighted by Gasteiger charge is 2.24. The van der Waals surface area contributed by atoms with E-state index < -0.39 is 0 Å². The summed E-state index contributed by atoms with van der Waals surface area (Å²) in [5.41, 5.74) is 1.14. The minimum absolute atomic E-state index is 0.112. The Balaban J connectivity index is 2.42. The normalized spacial score (nSPS) is 15.1. The minimum Gasteiger partial charge on any atom is -0.367 e. The fourth-order valence-corrected chi connectivity index (χ4v) is 1.52. The maximum absolute atomic E-state index is 7.61. The summed E-state index contributed by atoms with van der Waals surface area (Å²) in [6.45, 7) is 1.65. The summed E-state index contributed by atoms with van der Waals surface area (Å²) in [7, 11) is 5.70. The first-order chi connectivity index (χ1) is 7.08. The Labute approximate surface area is 94.4 Å². The van der Waals surface area contributed by atoms with Gasteiger partial charge in [-0.1, -0.05) is 0 Å². The second-order valence-corrected chi connectivity index (χ2v) is 3.98. The van der Waals surface area contributed by atoms with Crippen LogP contribution < -0.4 is 10.9 Å². The average Bonchev–Trinajstić information content (AvgIpc) is 2.85. The molecule has 0 unspecified atom stereocenters. The van der Waals surface area contributed by atoms with Gasteiger partial charge >= 0.3 is 0 Å². The maximum Gasteiger partial charge on any atom is 0.223 e. The highest BCUT2D eigenvalue weighted by molar-refractivity contribution is 6.37. The van der Waals surface area contributed by atoms with Gasteiger partial charge in [-0.3, -0.25) is 0 Å². The molecule has 1 saturated carbocycles. The van der Waals surface area contributed by atoms with Crippen molar-refractivity contribution in [1.29, 1.82) is 5.41 Å². The van der Waals surface area contributed by atoms with E-state index in [2.05, 4.69) is 15.3 Å². The van der Waals surface area contributed by atoms with Crippen molar-refractivity contribution in [3.8, 4) is 0 Å². The van der Waals surface area contributed by atoms with Gasteiger partial charge in [0.2, 0.25) is 5.28 Å². The minimum atomic E-state index is 0.112. The molecule has 2 N–H and O–H groups in total. The Morgan fingerprint density at radius 3 is 2.73 bits per heavy atom. The molecule has 1 aliphatic rings. The van der Waals surface area contributed by atoms with Gasteiger partial charge < -0.3 is 10.7 Å². The van der Waals surface area contributed by atoms with Crippen LogP contribution in [-0.4, -0.2) is 29.6 Å². The number of hydrogen-bond acceptors (Lipinski definition) is 4. The third-order valence-corrected chi connectivity index (χ3v) is 2.37. The van der Waals surface area contributed by atoms with E-state index in [4.69, 9.17) is 24.9 Å². The van der Waals surface area contributed by atoms with Crippen molar-refractivity contribution in [3.63, 3.8) is 0 Å². The zero-order valence-electron chi connectivity index (χ0n) is 8.34. The summed E-state index contributed by atoms with van der Waals surface area (Å²) >= 11 is 5.72. The SMILES string of the molecule is [B]c1nc(Cl)nc(NC2CC2)c1C(C)=N. The van der Waals surface area contributed by atoms with E-state index in [0.29, 0.717) is 23.1 Å². The quantitative estimate of drug-likeness (QED) is 0.452. The monoisotopic (exact) mass is 220 g/mol. The van der Waals surface area contributed by atoms with Crippen LogP contribution in [0.4, 0.5) is 5.82 Å². The van der Waals surface area contributed by atoms with Gasteiger partial charge in [-0.2, -0.15) is 0 Å². The summed E-state index contributed by atoms with van der Waals surface area (Å²) in [6.07, 6.45) is 2.25. The van der Waals surface area contributed by atoms with Crippen LogP contribution in [0.5, 0.6) is 0 Å². The molecule has 1 heterocycles. The smallest absolute Gasteiger partial charge is 0.223 e. The standard InChI is InChI=1S/C9H10BClN4/c1-4(12)6-7(10)14-9(11)15-8(6)13-5-2-3-5/h5,12H,2-3H2,1H3,(H,13,14,15). The molecule has 1 aromatic heterocycles. The lowest BCUT2D eigenvalue weighted by molar-refractivity contribution is 1.09. The van der Waals surface area contributed by atoms with E-state index >= 15 is 0 Å². The second kappa shape index (κ2) is 3.81. The topological polar surface area (TPSA) is 61.7 Å². The molecule has 4 nitrogen and oxygen atoms in total. The molecule has 2 rings (SSSR count). The Kier molecular flexibility index (Phi) is 2.65. The van der Waals surface area contributed by atoms with Gasteiger partial charge in [0, 0.05) is 22.9 Å². The van der Waals surface area contributed by atoms with Crippen LogP contribution in [0, 0.1) is 5.41 Å². The summed E-state index contributed by atoms with van der Waals surface area (Å²) in [4.78, 5) is 7.89. The Morgan fingerprint density at radius 2 is 2.20 bits per heavy atom. The largest absolute Gasteiger partial charge is 0.367 e. The van der Waals surface area contributed by atoms with Gasteiger partial charge in [-0.15, -0.1) is 0 Å². The van der Waals surface area contributed by atoms with Crippen molar-refractivity contribution in [2.45, 2.75) is 25.8 Å². The molecule has 0 atom stereocenters. The fraction of sp³-hybridized carbons (Fsp3) is 0.444. The molecule has 0 spiro atoms. The number of nitrogens with one attached hydrogen (secondary N) is 2. The predicted octanol–water partition coefficient (Wildman–Crippen LogP) is 0.886. The maximum atomic E-state index is 7.61. The van der Waals surface area contributed by atoms with Crippen molar-refractivity contribution in [1.82, 2.24) is 9.97 Å². The van der Waals surface area contributed by atoms with Crippen LogP contribution in [0.25, 0.3) is 0 Å². The highest BCUT2D eigenvalue weighted by atomic mass is 35.5. The number of aromatic nitrogens is 2. The van der Waals surface area contributed by atoms with Gasteiger partial charge in [-0.25, -0.2) is 9.97 Å². The van der Waals surface area contributed by atoms with Crippen LogP contribution >= 0.6 is 11.6 Å². The van der Waals surface area contributed by atoms with Crippen LogP contribution in [0.3, 0.4) is 0 Å². The third kappa shape index (κ3) is 2.29. The molecule has 0 aromatic carbocycles. The molecule has 15 heavy (non-hydrogen) atoms. The van der Waals surface area contributed by atoms with Crippen LogP contribution in [-0.2, 0) is 0 Å². The summed E-state index contributed by atoms with van der Waals surface area (Å²) in [5, 5.41) is 10.9. The molecule has 76 valence electrons. The highest BCUT2D eigenvalue weighted by Crippen LogP contribution is 2.25. The molecule has 0 saturated heterocycles. The lowest BCUT2D eigenvalue weighted by Crippen LogP contribution is -2.23. The number of rotatable bonds is 3. The summed E-state index contributed by atoms with van der Waals surface area (Å²) < 4.78 is 0. The van der Waals surface area contributed by atoms with Gasteiger partial charge in [0.15, 0.2) is 0 Å². The molecule has 0 aliphatic heterocycles. The molecule has 1 fully saturated rings. The summed E-state index contributed by atoms with van der Waals surface area (Å²) in [5.74, 6) is 0.572. The van der Waals surface area contributed by atoms with Gasteiger partial charge in [-0.05, 0) is 31.4 Å². The molecule has 0 bridgehead atoms. The van der Waals surface area contributed by atoms with E-state index in [0.717, 1.165) is 12.8 Å². The number of hydrogen-bond donors (Lipinski definition) is 2. The molecule has 2 radical (unpaired) electrons. The first-order valence-corrected chi connectivity index (χ1v) is 5.11. The van der Waals surface area contributed by atoms with E-state index in [9.17, 15) is 0 Å². The van der Waals surface area contributed by atoms with Crippen molar-refractivity contribution >= 4 is 36.6 Å². The molecule has 0 amide bonds. The lowest BCUT2D eigenvalue weighted by Gasteiger charge is -2.12. The van der Waals surface area contributed by atoms with Crippen molar-refractivity contribution < 1.29 is 0 Å². The van der Waals surface area contributed by atoms with E-state index in [1.807, 2.05) is 0 Å². The van der Waals surface area contributed by atoms with Crippen molar-refractivity contribution in [3.05, 3.63) is 10.8 Å².